The van der Waals surface area contributed by atoms with E-state index in [0.29, 0.717) is 5.69 Å². The van der Waals surface area contributed by atoms with Gasteiger partial charge in [0.25, 0.3) is 0 Å². The average molecular weight is 758 g/mol. The molecule has 0 saturated carbocycles. The number of fused-ring (bicyclic) bond motifs is 14. The maximum atomic E-state index is 15.9. The summed E-state index contributed by atoms with van der Waals surface area (Å²) in [6, 6.07) is 52.3. The third-order valence-electron chi connectivity index (χ3n) is 11.3. The molecule has 0 saturated heterocycles. The number of hydrogen-bond donors (Lipinski definition) is 0. The molecule has 4 heterocycles. The lowest BCUT2D eigenvalue weighted by molar-refractivity contribution is 0.589. The first-order valence-electron chi connectivity index (χ1n) is 18.3. The minimum atomic E-state index is -0.725. The second-order valence-corrected chi connectivity index (χ2v) is 16.3. The van der Waals surface area contributed by atoms with Crippen molar-refractivity contribution in [1.29, 1.82) is 5.26 Å². The van der Waals surface area contributed by atoms with Crippen LogP contribution in [-0.4, -0.2) is 9.13 Å². The van der Waals surface area contributed by atoms with E-state index in [2.05, 4.69) is 118 Å². The highest BCUT2D eigenvalue weighted by Gasteiger charge is 2.26. The maximum Gasteiger partial charge on any atom is 0.134 e. The minimum absolute atomic E-state index is 0.174. The van der Waals surface area contributed by atoms with Gasteiger partial charge in [-0.05, 0) is 60.7 Å². The van der Waals surface area contributed by atoms with Gasteiger partial charge in [0.2, 0.25) is 0 Å². The quantitative estimate of drug-likeness (QED) is 0.177. The molecule has 0 aliphatic rings. The first-order chi connectivity index (χ1) is 27.6. The highest BCUT2D eigenvalue weighted by molar-refractivity contribution is 7.26. The Balaban J connectivity index is 1.35. The summed E-state index contributed by atoms with van der Waals surface area (Å²) in [5.74, 6) is -1.45. The molecule has 56 heavy (non-hydrogen) atoms. The molecule has 3 nitrogen and oxygen atoms in total. The van der Waals surface area contributed by atoms with Gasteiger partial charge in [0, 0.05) is 67.5 Å². The molecule has 0 aliphatic heterocycles. The van der Waals surface area contributed by atoms with Gasteiger partial charge < -0.3 is 9.13 Å². The number of nitrogens with zero attached hydrogens (tertiary/aromatic N) is 3. The zero-order valence-corrected chi connectivity index (χ0v) is 31.0. The van der Waals surface area contributed by atoms with Crippen LogP contribution >= 0.6 is 22.7 Å². The number of rotatable bonds is 3. The lowest BCUT2D eigenvalue weighted by Gasteiger charge is -2.20. The van der Waals surface area contributed by atoms with Gasteiger partial charge in [0.05, 0.1) is 50.6 Å². The van der Waals surface area contributed by atoms with Crippen molar-refractivity contribution in [1.82, 2.24) is 9.13 Å². The summed E-state index contributed by atoms with van der Waals surface area (Å²) in [5.41, 5.74) is 5.51. The molecule has 8 aromatic carbocycles. The van der Waals surface area contributed by atoms with Crippen LogP contribution in [0.25, 0.3) is 106 Å². The van der Waals surface area contributed by atoms with Crippen LogP contribution in [0, 0.1) is 23.0 Å². The van der Waals surface area contributed by atoms with E-state index in [4.69, 9.17) is 0 Å². The second-order valence-electron chi connectivity index (χ2n) is 14.2. The highest BCUT2D eigenvalue weighted by Crippen LogP contribution is 2.48. The molecule has 4 aromatic heterocycles. The zero-order chi connectivity index (χ0) is 37.2. The zero-order valence-electron chi connectivity index (χ0n) is 29.3. The Labute approximate surface area is 325 Å². The van der Waals surface area contributed by atoms with E-state index in [-0.39, 0.29) is 16.7 Å². The molecule has 0 amide bonds. The van der Waals surface area contributed by atoms with Crippen LogP contribution in [0.15, 0.2) is 152 Å². The monoisotopic (exact) mass is 757 g/mol. The predicted octanol–water partition coefficient (Wildman–Crippen LogP) is 14.4. The molecular weight excluding hydrogens is 733 g/mol. The van der Waals surface area contributed by atoms with Crippen molar-refractivity contribution in [2.75, 3.05) is 0 Å². The van der Waals surface area contributed by atoms with E-state index < -0.39 is 11.6 Å². The van der Waals surface area contributed by atoms with Crippen LogP contribution in [0.1, 0.15) is 5.56 Å². The molecule has 0 unspecified atom stereocenters. The average Bonchev–Trinajstić information content (AvgIpc) is 3.98. The van der Waals surface area contributed by atoms with Gasteiger partial charge in [-0.2, -0.15) is 5.26 Å². The van der Waals surface area contributed by atoms with Crippen molar-refractivity contribution in [3.8, 4) is 28.6 Å². The van der Waals surface area contributed by atoms with Gasteiger partial charge in [0.1, 0.15) is 11.6 Å². The van der Waals surface area contributed by atoms with Crippen LogP contribution in [0.5, 0.6) is 0 Å². The summed E-state index contributed by atoms with van der Waals surface area (Å²) in [6.45, 7) is 0. The first kappa shape index (κ1) is 31.5. The largest absolute Gasteiger partial charge is 0.306 e. The maximum absolute atomic E-state index is 15.9. The van der Waals surface area contributed by atoms with Crippen molar-refractivity contribution in [3.63, 3.8) is 0 Å². The van der Waals surface area contributed by atoms with Crippen molar-refractivity contribution >= 4 is 107 Å². The standard InChI is InChI=1S/C49H25F2N3S2/c50-35-14-9-15-36(51)45(35)34-25-40(54-38-17-6-2-11-29(38)31-21-23-44-47(49(31)54)33-13-4-8-19-42(33)56-44)39(24-27(34)26-52)53-37-16-5-1-10-28(37)30-20-22-43-46(48(30)53)32-12-3-7-18-41(32)55-43/h1-25H. The molecule has 7 heteroatoms. The molecule has 12 aromatic rings. The van der Waals surface area contributed by atoms with Gasteiger partial charge in [0.15, 0.2) is 0 Å². The van der Waals surface area contributed by atoms with Crippen LogP contribution in [0.2, 0.25) is 0 Å². The van der Waals surface area contributed by atoms with E-state index in [1.54, 1.807) is 22.7 Å². The van der Waals surface area contributed by atoms with Crippen molar-refractivity contribution in [3.05, 3.63) is 169 Å². The summed E-state index contributed by atoms with van der Waals surface area (Å²) in [7, 11) is 0. The van der Waals surface area contributed by atoms with Crippen LogP contribution < -0.4 is 0 Å². The lowest BCUT2D eigenvalue weighted by atomic mass is 9.97. The van der Waals surface area contributed by atoms with E-state index in [9.17, 15) is 5.26 Å². The Bertz CT molecular complexity index is 3690. The number of para-hydroxylation sites is 2. The summed E-state index contributed by atoms with van der Waals surface area (Å²) >= 11 is 3.51. The first-order valence-corrected chi connectivity index (χ1v) is 19.9. The van der Waals surface area contributed by atoms with E-state index in [1.807, 2.05) is 30.3 Å². The number of benzene rings is 8. The summed E-state index contributed by atoms with van der Waals surface area (Å²) < 4.78 is 41.0. The van der Waals surface area contributed by atoms with Gasteiger partial charge in [-0.25, -0.2) is 8.78 Å². The highest BCUT2D eigenvalue weighted by atomic mass is 32.1. The topological polar surface area (TPSA) is 33.6 Å². The summed E-state index contributed by atoms with van der Waals surface area (Å²) in [4.78, 5) is 0. The molecule has 0 spiro atoms. The number of aromatic nitrogens is 2. The van der Waals surface area contributed by atoms with E-state index in [1.165, 1.54) is 27.6 Å². The van der Waals surface area contributed by atoms with Gasteiger partial charge >= 0.3 is 0 Å². The van der Waals surface area contributed by atoms with Crippen LogP contribution in [0.3, 0.4) is 0 Å². The molecule has 12 rings (SSSR count). The third kappa shape index (κ3) is 4.17. The van der Waals surface area contributed by atoms with Gasteiger partial charge in [-0.3, -0.25) is 0 Å². The van der Waals surface area contributed by atoms with Gasteiger partial charge in [-0.1, -0.05) is 91.0 Å². The Morgan fingerprint density at radius 3 is 1.43 bits per heavy atom. The molecule has 0 aliphatic carbocycles. The predicted molar refractivity (Wildman–Crippen MR) is 231 cm³/mol. The number of halogens is 2. The number of hydrogen-bond acceptors (Lipinski definition) is 3. The van der Waals surface area contributed by atoms with Crippen LogP contribution in [0.4, 0.5) is 8.78 Å². The van der Waals surface area contributed by atoms with E-state index in [0.717, 1.165) is 80.2 Å². The van der Waals surface area contributed by atoms with E-state index >= 15 is 8.78 Å². The van der Waals surface area contributed by atoms with Crippen LogP contribution in [-0.2, 0) is 0 Å². The molecule has 262 valence electrons. The SMILES string of the molecule is N#Cc1cc(-n2c3ccccc3c3ccc4sc5ccccc5c4c32)c(-n2c3ccccc3c3ccc4sc5ccccc5c4c32)cc1-c1c(F)cccc1F. The van der Waals surface area contributed by atoms with Crippen molar-refractivity contribution < 1.29 is 8.78 Å². The fraction of sp³-hybridized carbons (Fsp3) is 0. The molecule has 0 bridgehead atoms. The Morgan fingerprint density at radius 2 is 0.911 bits per heavy atom. The summed E-state index contributed by atoms with van der Waals surface area (Å²) in [5, 5.41) is 19.7. The van der Waals surface area contributed by atoms with Crippen molar-refractivity contribution in [2.45, 2.75) is 0 Å². The van der Waals surface area contributed by atoms with Gasteiger partial charge in [-0.15, -0.1) is 22.7 Å². The molecule has 0 atom stereocenters. The second kappa shape index (κ2) is 11.6. The Hall–Kier alpha value is -6.85. The minimum Gasteiger partial charge on any atom is -0.306 e. The Kier molecular flexibility index (Phi) is 6.51. The Morgan fingerprint density at radius 1 is 0.446 bits per heavy atom. The van der Waals surface area contributed by atoms with Crippen molar-refractivity contribution in [2.24, 2.45) is 0 Å². The fourth-order valence-electron chi connectivity index (χ4n) is 9.02. The third-order valence-corrected chi connectivity index (χ3v) is 13.6. The number of thiophene rings is 2. The normalized spacial score (nSPS) is 12.1. The molecule has 0 radical (unpaired) electrons. The molecule has 0 fully saturated rings. The summed E-state index contributed by atoms with van der Waals surface area (Å²) in [6.07, 6.45) is 0. The smallest absolute Gasteiger partial charge is 0.134 e. The molecule has 0 N–H and O–H groups in total. The fourth-order valence-corrected chi connectivity index (χ4v) is 11.2. The molecular formula is C49H25F2N3S2. The lowest BCUT2D eigenvalue weighted by Crippen LogP contribution is -2.06. The number of nitriles is 1.